The Labute approximate surface area is 125 Å². The first-order chi connectivity index (χ1) is 7.68. The zero-order valence-electron chi connectivity index (χ0n) is 9.36. The van der Waals surface area contributed by atoms with Gasteiger partial charge in [-0.25, -0.2) is 0 Å². The molecule has 1 aliphatic heterocycles. The average molecular weight is 386 g/mol. The second-order valence-corrected chi connectivity index (χ2v) is 5.86. The lowest BCUT2D eigenvalue weighted by Gasteiger charge is -2.28. The summed E-state index contributed by atoms with van der Waals surface area (Å²) in [6, 6.07) is 6.35. The van der Waals surface area contributed by atoms with Crippen LogP contribution in [0.2, 0.25) is 0 Å². The van der Waals surface area contributed by atoms with Crippen molar-refractivity contribution >= 4 is 44.3 Å². The summed E-state index contributed by atoms with van der Waals surface area (Å²) >= 11 is 6.98. The van der Waals surface area contributed by atoms with Gasteiger partial charge in [-0.1, -0.05) is 6.07 Å². The van der Waals surface area contributed by atoms with Crippen LogP contribution in [0.15, 0.2) is 27.1 Å². The van der Waals surface area contributed by atoms with Gasteiger partial charge >= 0.3 is 0 Å². The molecule has 17 heavy (non-hydrogen) atoms. The number of rotatable bonds is 2. The van der Waals surface area contributed by atoms with Crippen molar-refractivity contribution in [2.24, 2.45) is 11.7 Å². The molecule has 0 radical (unpaired) electrons. The Kier molecular flexibility index (Phi) is 6.45. The molecule has 1 heterocycles. The maximum atomic E-state index is 6.30. The van der Waals surface area contributed by atoms with E-state index in [0.29, 0.717) is 5.92 Å². The third-order valence-electron chi connectivity index (χ3n) is 3.10. The number of ether oxygens (including phenoxy) is 1. The van der Waals surface area contributed by atoms with Crippen LogP contribution in [0.1, 0.15) is 24.4 Å². The van der Waals surface area contributed by atoms with E-state index in [0.717, 1.165) is 35.0 Å². The van der Waals surface area contributed by atoms with E-state index in [1.165, 1.54) is 5.56 Å². The Balaban J connectivity index is 0.00000144. The van der Waals surface area contributed by atoms with Gasteiger partial charge in [-0.2, -0.15) is 0 Å². The molecule has 0 unspecified atom stereocenters. The van der Waals surface area contributed by atoms with Crippen molar-refractivity contribution in [2.45, 2.75) is 18.9 Å². The van der Waals surface area contributed by atoms with Crippen LogP contribution in [0.3, 0.4) is 0 Å². The van der Waals surface area contributed by atoms with E-state index >= 15 is 0 Å². The van der Waals surface area contributed by atoms with E-state index in [9.17, 15) is 0 Å². The fraction of sp³-hybridized carbons (Fsp3) is 0.500. The molecule has 0 amide bonds. The molecule has 0 aliphatic carbocycles. The Morgan fingerprint density at radius 1 is 1.18 bits per heavy atom. The van der Waals surface area contributed by atoms with Gasteiger partial charge in [0, 0.05) is 28.2 Å². The summed E-state index contributed by atoms with van der Waals surface area (Å²) in [7, 11) is 0. The van der Waals surface area contributed by atoms with Gasteiger partial charge in [-0.05, 0) is 68.3 Å². The number of halogens is 3. The van der Waals surface area contributed by atoms with E-state index in [1.807, 2.05) is 6.07 Å². The van der Waals surface area contributed by atoms with E-state index in [2.05, 4.69) is 44.0 Å². The maximum absolute atomic E-state index is 6.30. The zero-order valence-corrected chi connectivity index (χ0v) is 13.4. The number of nitrogens with two attached hydrogens (primary N) is 1. The Morgan fingerprint density at radius 3 is 2.41 bits per heavy atom. The molecule has 0 spiro atoms. The highest BCUT2D eigenvalue weighted by Crippen LogP contribution is 2.31. The monoisotopic (exact) mass is 383 g/mol. The van der Waals surface area contributed by atoms with Crippen molar-refractivity contribution in [1.29, 1.82) is 0 Å². The van der Waals surface area contributed by atoms with Gasteiger partial charge in [0.15, 0.2) is 0 Å². The van der Waals surface area contributed by atoms with Crippen molar-refractivity contribution in [2.75, 3.05) is 13.2 Å². The molecule has 1 saturated heterocycles. The first-order valence-electron chi connectivity index (χ1n) is 5.47. The molecule has 1 aliphatic rings. The quantitative estimate of drug-likeness (QED) is 0.833. The lowest BCUT2D eigenvalue weighted by Crippen LogP contribution is -2.27. The van der Waals surface area contributed by atoms with Gasteiger partial charge in [0.1, 0.15) is 0 Å². The third kappa shape index (κ3) is 3.93. The lowest BCUT2D eigenvalue weighted by molar-refractivity contribution is 0.0584. The summed E-state index contributed by atoms with van der Waals surface area (Å²) in [6.45, 7) is 1.69. The molecule has 1 aromatic rings. The van der Waals surface area contributed by atoms with E-state index in [4.69, 9.17) is 10.5 Å². The second kappa shape index (κ2) is 7.10. The maximum Gasteiger partial charge on any atom is 0.0469 e. The van der Waals surface area contributed by atoms with Crippen LogP contribution in [0, 0.1) is 5.92 Å². The smallest absolute Gasteiger partial charge is 0.0469 e. The molecule has 0 aromatic heterocycles. The van der Waals surface area contributed by atoms with Crippen LogP contribution in [0.4, 0.5) is 0 Å². The third-order valence-corrected chi connectivity index (χ3v) is 4.98. The summed E-state index contributed by atoms with van der Waals surface area (Å²) in [6.07, 6.45) is 2.13. The van der Waals surface area contributed by atoms with Crippen LogP contribution in [-0.4, -0.2) is 13.2 Å². The fourth-order valence-electron chi connectivity index (χ4n) is 2.07. The molecule has 96 valence electrons. The molecule has 0 saturated carbocycles. The summed E-state index contributed by atoms with van der Waals surface area (Å²) < 4.78 is 7.48. The van der Waals surface area contributed by atoms with Crippen molar-refractivity contribution in [3.8, 4) is 0 Å². The molecule has 2 N–H and O–H groups in total. The van der Waals surface area contributed by atoms with E-state index in [1.54, 1.807) is 0 Å². The van der Waals surface area contributed by atoms with Gasteiger partial charge < -0.3 is 10.5 Å². The van der Waals surface area contributed by atoms with Crippen LogP contribution in [-0.2, 0) is 4.74 Å². The standard InChI is InChI=1S/C12H15Br2NO.ClH/c13-10-2-1-9(7-11(10)14)12(15)8-3-5-16-6-4-8;/h1-2,7-8,12H,3-6,15H2;1H/t12-;/m1./s1. The van der Waals surface area contributed by atoms with Gasteiger partial charge in [0.05, 0.1) is 0 Å². The minimum absolute atomic E-state index is 0. The number of hydrogen-bond donors (Lipinski definition) is 1. The summed E-state index contributed by atoms with van der Waals surface area (Å²) in [5.74, 6) is 0.543. The van der Waals surface area contributed by atoms with Gasteiger partial charge in [0.2, 0.25) is 0 Å². The summed E-state index contributed by atoms with van der Waals surface area (Å²) in [5, 5.41) is 0. The highest BCUT2D eigenvalue weighted by atomic mass is 79.9. The highest BCUT2D eigenvalue weighted by molar-refractivity contribution is 9.13. The van der Waals surface area contributed by atoms with E-state index in [-0.39, 0.29) is 18.4 Å². The minimum atomic E-state index is 0. The zero-order chi connectivity index (χ0) is 11.5. The topological polar surface area (TPSA) is 35.2 Å². The normalized spacial score (nSPS) is 18.5. The predicted molar refractivity (Wildman–Crippen MR) is 79.6 cm³/mol. The Hall–Kier alpha value is 0.390. The average Bonchev–Trinajstić information content (AvgIpc) is 2.33. The van der Waals surface area contributed by atoms with Crippen molar-refractivity contribution in [3.63, 3.8) is 0 Å². The van der Waals surface area contributed by atoms with E-state index < -0.39 is 0 Å². The van der Waals surface area contributed by atoms with Gasteiger partial charge in [-0.15, -0.1) is 12.4 Å². The van der Waals surface area contributed by atoms with Crippen LogP contribution in [0.5, 0.6) is 0 Å². The molecular weight excluding hydrogens is 369 g/mol. The lowest BCUT2D eigenvalue weighted by atomic mass is 9.88. The first-order valence-corrected chi connectivity index (χ1v) is 7.05. The highest BCUT2D eigenvalue weighted by Gasteiger charge is 2.22. The molecule has 1 aromatic carbocycles. The number of hydrogen-bond acceptors (Lipinski definition) is 2. The predicted octanol–water partition coefficient (Wildman–Crippen LogP) is 4.06. The van der Waals surface area contributed by atoms with Gasteiger partial charge in [0.25, 0.3) is 0 Å². The summed E-state index contributed by atoms with van der Waals surface area (Å²) in [5.41, 5.74) is 7.49. The molecule has 1 atom stereocenters. The Bertz CT molecular complexity index is 370. The molecule has 1 fully saturated rings. The van der Waals surface area contributed by atoms with Crippen LogP contribution >= 0.6 is 44.3 Å². The SMILES string of the molecule is Cl.N[C@@H](c1ccc(Br)c(Br)c1)C1CCOCC1. The number of benzene rings is 1. The van der Waals surface area contributed by atoms with Crippen molar-refractivity contribution in [3.05, 3.63) is 32.7 Å². The minimum Gasteiger partial charge on any atom is -0.381 e. The molecular formula is C12H16Br2ClNO. The summed E-state index contributed by atoms with van der Waals surface area (Å²) in [4.78, 5) is 0. The second-order valence-electron chi connectivity index (χ2n) is 4.15. The molecule has 5 heteroatoms. The first kappa shape index (κ1) is 15.4. The van der Waals surface area contributed by atoms with Crippen LogP contribution < -0.4 is 5.73 Å². The van der Waals surface area contributed by atoms with Gasteiger partial charge in [-0.3, -0.25) is 0 Å². The van der Waals surface area contributed by atoms with Crippen LogP contribution in [0.25, 0.3) is 0 Å². The largest absolute Gasteiger partial charge is 0.381 e. The fourth-order valence-corrected chi connectivity index (χ4v) is 2.71. The molecule has 2 nitrogen and oxygen atoms in total. The van der Waals surface area contributed by atoms with Crippen molar-refractivity contribution in [1.82, 2.24) is 0 Å². The Morgan fingerprint density at radius 2 is 1.82 bits per heavy atom. The van der Waals surface area contributed by atoms with Crippen molar-refractivity contribution < 1.29 is 4.74 Å². The molecule has 2 rings (SSSR count). The molecule has 0 bridgehead atoms.